The van der Waals surface area contributed by atoms with E-state index in [-0.39, 0.29) is 15.5 Å². The molecule has 0 spiro atoms. The van der Waals surface area contributed by atoms with Crippen LogP contribution in [0.3, 0.4) is 0 Å². The standard InChI is InChI=1S/C11H13ClN2O2S/c1-17-11(5-6-11)7-13-9-4-2-3-8(12)10(9)14(15)16/h2-4,13H,5-7H2,1H3. The number of nitro groups is 1. The summed E-state index contributed by atoms with van der Waals surface area (Å²) >= 11 is 7.65. The fourth-order valence-electron chi connectivity index (χ4n) is 1.69. The molecule has 0 aromatic heterocycles. The van der Waals surface area contributed by atoms with Crippen molar-refractivity contribution in [2.24, 2.45) is 0 Å². The third kappa shape index (κ3) is 2.66. The third-order valence-corrected chi connectivity index (χ3v) is 4.73. The Hall–Kier alpha value is -0.940. The van der Waals surface area contributed by atoms with Crippen LogP contribution in [0.1, 0.15) is 12.8 Å². The van der Waals surface area contributed by atoms with Crippen LogP contribution in [0.5, 0.6) is 0 Å². The number of hydrogen-bond donors (Lipinski definition) is 1. The summed E-state index contributed by atoms with van der Waals surface area (Å²) in [5.74, 6) is 0. The summed E-state index contributed by atoms with van der Waals surface area (Å²) < 4.78 is 0.260. The van der Waals surface area contributed by atoms with Crippen molar-refractivity contribution >= 4 is 34.7 Å². The Morgan fingerprint density at radius 1 is 1.59 bits per heavy atom. The van der Waals surface area contributed by atoms with Crippen LogP contribution in [-0.4, -0.2) is 22.5 Å². The van der Waals surface area contributed by atoms with E-state index in [0.29, 0.717) is 5.69 Å². The maximum Gasteiger partial charge on any atom is 0.310 e. The number of benzene rings is 1. The van der Waals surface area contributed by atoms with Crippen molar-refractivity contribution in [2.45, 2.75) is 17.6 Å². The predicted octanol–water partition coefficient (Wildman–Crippen LogP) is 3.56. The zero-order valence-corrected chi connectivity index (χ0v) is 11.0. The molecule has 0 saturated heterocycles. The van der Waals surface area contributed by atoms with E-state index in [9.17, 15) is 10.1 Å². The number of nitro benzene ring substituents is 1. The van der Waals surface area contributed by atoms with Gasteiger partial charge in [0.05, 0.1) is 4.92 Å². The summed E-state index contributed by atoms with van der Waals surface area (Å²) in [5.41, 5.74) is 0.467. The van der Waals surface area contributed by atoms with Crippen molar-refractivity contribution in [1.29, 1.82) is 0 Å². The molecular weight excluding hydrogens is 260 g/mol. The number of hydrogen-bond acceptors (Lipinski definition) is 4. The van der Waals surface area contributed by atoms with E-state index in [1.54, 1.807) is 12.1 Å². The van der Waals surface area contributed by atoms with Gasteiger partial charge in [-0.25, -0.2) is 0 Å². The molecule has 1 aromatic carbocycles. The molecule has 6 heteroatoms. The minimum atomic E-state index is -0.441. The number of nitrogens with one attached hydrogen (secondary N) is 1. The second kappa shape index (κ2) is 4.74. The molecule has 0 bridgehead atoms. The van der Waals surface area contributed by atoms with Crippen molar-refractivity contribution in [3.8, 4) is 0 Å². The molecule has 1 fully saturated rings. The van der Waals surface area contributed by atoms with E-state index in [2.05, 4.69) is 11.6 Å². The van der Waals surface area contributed by atoms with Crippen LogP contribution in [0, 0.1) is 10.1 Å². The van der Waals surface area contributed by atoms with Crippen molar-refractivity contribution in [2.75, 3.05) is 18.1 Å². The number of rotatable bonds is 5. The SMILES string of the molecule is CSC1(CNc2cccc(Cl)c2[N+](=O)[O-])CC1. The van der Waals surface area contributed by atoms with E-state index < -0.39 is 4.92 Å². The number of anilines is 1. The first-order valence-electron chi connectivity index (χ1n) is 5.30. The molecule has 0 aliphatic heterocycles. The Balaban J connectivity index is 2.15. The van der Waals surface area contributed by atoms with Crippen LogP contribution >= 0.6 is 23.4 Å². The lowest BCUT2D eigenvalue weighted by Crippen LogP contribution is -2.18. The molecular formula is C11H13ClN2O2S. The van der Waals surface area contributed by atoms with E-state index in [0.717, 1.165) is 19.4 Å². The van der Waals surface area contributed by atoms with Gasteiger partial charge < -0.3 is 5.32 Å². The highest BCUT2D eigenvalue weighted by Gasteiger charge is 2.41. The van der Waals surface area contributed by atoms with Gasteiger partial charge in [0, 0.05) is 11.3 Å². The van der Waals surface area contributed by atoms with Gasteiger partial charge in [-0.05, 0) is 31.2 Å². The topological polar surface area (TPSA) is 55.2 Å². The average molecular weight is 273 g/mol. The van der Waals surface area contributed by atoms with Gasteiger partial charge >= 0.3 is 5.69 Å². The second-order valence-electron chi connectivity index (χ2n) is 4.13. The lowest BCUT2D eigenvalue weighted by Gasteiger charge is -2.14. The fraction of sp³-hybridized carbons (Fsp3) is 0.455. The van der Waals surface area contributed by atoms with Gasteiger partial charge in [0.25, 0.3) is 0 Å². The Labute approximate surface area is 109 Å². The first-order valence-corrected chi connectivity index (χ1v) is 6.90. The quantitative estimate of drug-likeness (QED) is 0.658. The Bertz CT molecular complexity index is 449. The second-order valence-corrected chi connectivity index (χ2v) is 5.82. The minimum Gasteiger partial charge on any atom is -0.378 e. The lowest BCUT2D eigenvalue weighted by atomic mass is 10.2. The normalized spacial score (nSPS) is 16.6. The molecule has 1 aromatic rings. The smallest absolute Gasteiger partial charge is 0.310 e. The molecule has 1 aliphatic rings. The molecule has 1 N–H and O–H groups in total. The molecule has 92 valence electrons. The van der Waals surface area contributed by atoms with Crippen LogP contribution in [0.4, 0.5) is 11.4 Å². The Kier molecular flexibility index (Phi) is 3.49. The summed E-state index contributed by atoms with van der Waals surface area (Å²) in [5, 5.41) is 14.2. The maximum absolute atomic E-state index is 10.9. The number of nitrogens with zero attached hydrogens (tertiary/aromatic N) is 1. The van der Waals surface area contributed by atoms with Crippen molar-refractivity contribution in [3.63, 3.8) is 0 Å². The lowest BCUT2D eigenvalue weighted by molar-refractivity contribution is -0.383. The average Bonchev–Trinajstić information content (AvgIpc) is 3.06. The van der Waals surface area contributed by atoms with Crippen molar-refractivity contribution in [1.82, 2.24) is 0 Å². The summed E-state index contributed by atoms with van der Waals surface area (Å²) in [6.45, 7) is 0.745. The Morgan fingerprint density at radius 2 is 2.29 bits per heavy atom. The summed E-state index contributed by atoms with van der Waals surface area (Å²) in [4.78, 5) is 10.5. The van der Waals surface area contributed by atoms with Crippen LogP contribution in [0.25, 0.3) is 0 Å². The van der Waals surface area contributed by atoms with Gasteiger partial charge in [-0.1, -0.05) is 17.7 Å². The first-order chi connectivity index (χ1) is 8.08. The maximum atomic E-state index is 10.9. The largest absolute Gasteiger partial charge is 0.378 e. The highest BCUT2D eigenvalue weighted by Crippen LogP contribution is 2.47. The predicted molar refractivity (Wildman–Crippen MR) is 72.1 cm³/mol. The summed E-state index contributed by atoms with van der Waals surface area (Å²) in [6, 6.07) is 4.95. The summed E-state index contributed by atoms with van der Waals surface area (Å²) in [7, 11) is 0. The molecule has 17 heavy (non-hydrogen) atoms. The van der Waals surface area contributed by atoms with Gasteiger partial charge in [0.15, 0.2) is 0 Å². The fourth-order valence-corrected chi connectivity index (χ4v) is 2.66. The molecule has 1 saturated carbocycles. The minimum absolute atomic E-state index is 0.0360. The van der Waals surface area contributed by atoms with Crippen molar-refractivity contribution in [3.05, 3.63) is 33.3 Å². The van der Waals surface area contributed by atoms with Crippen LogP contribution in [0.2, 0.25) is 5.02 Å². The number of thioether (sulfide) groups is 1. The van der Waals surface area contributed by atoms with Crippen LogP contribution in [0.15, 0.2) is 18.2 Å². The van der Waals surface area contributed by atoms with E-state index >= 15 is 0 Å². The van der Waals surface area contributed by atoms with E-state index in [4.69, 9.17) is 11.6 Å². The molecule has 0 unspecified atom stereocenters. The van der Waals surface area contributed by atoms with Gasteiger partial charge in [-0.3, -0.25) is 10.1 Å². The van der Waals surface area contributed by atoms with Crippen LogP contribution in [-0.2, 0) is 0 Å². The molecule has 2 rings (SSSR count). The van der Waals surface area contributed by atoms with Gasteiger partial charge in [-0.2, -0.15) is 11.8 Å². The monoisotopic (exact) mass is 272 g/mol. The van der Waals surface area contributed by atoms with Crippen LogP contribution < -0.4 is 5.32 Å². The highest BCUT2D eigenvalue weighted by atomic mass is 35.5. The van der Waals surface area contributed by atoms with Gasteiger partial charge in [0.1, 0.15) is 10.7 Å². The zero-order valence-electron chi connectivity index (χ0n) is 9.40. The molecule has 0 atom stereocenters. The zero-order chi connectivity index (χ0) is 12.5. The van der Waals surface area contributed by atoms with E-state index in [1.165, 1.54) is 6.07 Å². The molecule has 0 radical (unpaired) electrons. The summed E-state index contributed by atoms with van der Waals surface area (Å²) in [6.07, 6.45) is 4.39. The first kappa shape index (κ1) is 12.5. The molecule has 4 nitrogen and oxygen atoms in total. The van der Waals surface area contributed by atoms with Gasteiger partial charge in [-0.15, -0.1) is 0 Å². The Morgan fingerprint density at radius 3 is 2.82 bits per heavy atom. The van der Waals surface area contributed by atoms with Crippen molar-refractivity contribution < 1.29 is 4.92 Å². The molecule has 1 aliphatic carbocycles. The molecule has 0 amide bonds. The molecule has 0 heterocycles. The van der Waals surface area contributed by atoms with E-state index in [1.807, 2.05) is 11.8 Å². The van der Waals surface area contributed by atoms with Gasteiger partial charge in [0.2, 0.25) is 0 Å². The number of para-hydroxylation sites is 1. The third-order valence-electron chi connectivity index (χ3n) is 3.01. The highest BCUT2D eigenvalue weighted by molar-refractivity contribution is 8.00. The number of halogens is 1.